The highest BCUT2D eigenvalue weighted by atomic mass is 16.3. The standard InChI is InChI=1S/C15H21NO/c17-15-7-3-4-11-10-13(8-9-14(11)15)16-12-5-1-2-6-12/h3-4,7,12-13,16-17H,1-2,5-6,8-10H2. The molecule has 0 bridgehead atoms. The quantitative estimate of drug-likeness (QED) is 0.820. The Labute approximate surface area is 103 Å². The Morgan fingerprint density at radius 3 is 2.71 bits per heavy atom. The minimum Gasteiger partial charge on any atom is -0.508 e. The first kappa shape index (κ1) is 11.1. The van der Waals surface area contributed by atoms with Crippen molar-refractivity contribution >= 4 is 0 Å². The van der Waals surface area contributed by atoms with Crippen molar-refractivity contribution in [2.24, 2.45) is 0 Å². The van der Waals surface area contributed by atoms with E-state index in [1.54, 1.807) is 0 Å². The van der Waals surface area contributed by atoms with E-state index in [-0.39, 0.29) is 0 Å². The molecule has 0 saturated heterocycles. The van der Waals surface area contributed by atoms with Crippen LogP contribution in [0.2, 0.25) is 0 Å². The van der Waals surface area contributed by atoms with E-state index in [0.717, 1.165) is 18.9 Å². The molecular formula is C15H21NO. The molecule has 0 radical (unpaired) electrons. The van der Waals surface area contributed by atoms with Gasteiger partial charge in [-0.3, -0.25) is 0 Å². The van der Waals surface area contributed by atoms with Gasteiger partial charge in [0.25, 0.3) is 0 Å². The summed E-state index contributed by atoms with van der Waals surface area (Å²) in [5.41, 5.74) is 2.52. The Kier molecular flexibility index (Phi) is 3.06. The maximum atomic E-state index is 9.81. The van der Waals surface area contributed by atoms with Gasteiger partial charge in [0, 0.05) is 12.1 Å². The molecule has 2 N–H and O–H groups in total. The monoisotopic (exact) mass is 231 g/mol. The van der Waals surface area contributed by atoms with Gasteiger partial charge >= 0.3 is 0 Å². The Bertz CT molecular complexity index is 396. The molecule has 3 rings (SSSR count). The van der Waals surface area contributed by atoms with Crippen LogP contribution < -0.4 is 5.32 Å². The van der Waals surface area contributed by atoms with Crippen molar-refractivity contribution in [3.63, 3.8) is 0 Å². The third kappa shape index (κ3) is 2.32. The molecule has 2 aliphatic carbocycles. The van der Waals surface area contributed by atoms with Gasteiger partial charge in [0.15, 0.2) is 0 Å². The molecule has 1 saturated carbocycles. The molecule has 2 nitrogen and oxygen atoms in total. The Morgan fingerprint density at radius 2 is 1.88 bits per heavy atom. The lowest BCUT2D eigenvalue weighted by Gasteiger charge is -2.28. The van der Waals surface area contributed by atoms with Gasteiger partial charge in [-0.2, -0.15) is 0 Å². The summed E-state index contributed by atoms with van der Waals surface area (Å²) in [6.45, 7) is 0. The summed E-state index contributed by atoms with van der Waals surface area (Å²) in [5, 5.41) is 13.6. The summed E-state index contributed by atoms with van der Waals surface area (Å²) in [5.74, 6) is 0.488. The summed E-state index contributed by atoms with van der Waals surface area (Å²) in [7, 11) is 0. The van der Waals surface area contributed by atoms with Crippen molar-refractivity contribution < 1.29 is 5.11 Å². The highest BCUT2D eigenvalue weighted by Crippen LogP contribution is 2.29. The number of hydrogen-bond acceptors (Lipinski definition) is 2. The summed E-state index contributed by atoms with van der Waals surface area (Å²) in [4.78, 5) is 0. The summed E-state index contributed by atoms with van der Waals surface area (Å²) in [6.07, 6.45) is 8.75. The molecule has 92 valence electrons. The van der Waals surface area contributed by atoms with Crippen LogP contribution in [0.25, 0.3) is 0 Å². The molecule has 1 unspecified atom stereocenters. The van der Waals surface area contributed by atoms with Gasteiger partial charge in [-0.25, -0.2) is 0 Å². The number of fused-ring (bicyclic) bond motifs is 1. The van der Waals surface area contributed by atoms with E-state index in [1.807, 2.05) is 12.1 Å². The first-order valence-corrected chi connectivity index (χ1v) is 6.89. The second kappa shape index (κ2) is 4.69. The number of nitrogens with one attached hydrogen (secondary N) is 1. The van der Waals surface area contributed by atoms with E-state index < -0.39 is 0 Å². The Hall–Kier alpha value is -1.02. The first-order chi connectivity index (χ1) is 8.33. The van der Waals surface area contributed by atoms with Gasteiger partial charge in [-0.15, -0.1) is 0 Å². The van der Waals surface area contributed by atoms with E-state index in [2.05, 4.69) is 11.4 Å². The predicted octanol–water partition coefficient (Wildman–Crippen LogP) is 2.78. The smallest absolute Gasteiger partial charge is 0.119 e. The molecule has 0 heterocycles. The van der Waals surface area contributed by atoms with Crippen molar-refractivity contribution in [1.29, 1.82) is 0 Å². The van der Waals surface area contributed by atoms with Crippen LogP contribution in [0.1, 0.15) is 43.2 Å². The SMILES string of the molecule is Oc1cccc2c1CCC(NC1CCCC1)C2. The molecule has 0 spiro atoms. The molecular weight excluding hydrogens is 210 g/mol. The van der Waals surface area contributed by atoms with Crippen molar-refractivity contribution in [3.8, 4) is 5.75 Å². The van der Waals surface area contributed by atoms with Crippen molar-refractivity contribution in [3.05, 3.63) is 29.3 Å². The van der Waals surface area contributed by atoms with Crippen molar-refractivity contribution in [2.45, 2.75) is 57.0 Å². The highest BCUT2D eigenvalue weighted by Gasteiger charge is 2.24. The average molecular weight is 231 g/mol. The zero-order valence-corrected chi connectivity index (χ0v) is 10.3. The normalized spacial score (nSPS) is 24.8. The second-order valence-electron chi connectivity index (χ2n) is 5.50. The molecule has 2 aliphatic rings. The molecule has 17 heavy (non-hydrogen) atoms. The number of aromatic hydroxyl groups is 1. The fraction of sp³-hybridized carbons (Fsp3) is 0.600. The number of hydrogen-bond donors (Lipinski definition) is 2. The van der Waals surface area contributed by atoms with Crippen LogP contribution in [0, 0.1) is 0 Å². The number of benzene rings is 1. The van der Waals surface area contributed by atoms with E-state index in [0.29, 0.717) is 11.8 Å². The van der Waals surface area contributed by atoms with Gasteiger partial charge < -0.3 is 10.4 Å². The topological polar surface area (TPSA) is 32.3 Å². The molecule has 2 heteroatoms. The van der Waals surface area contributed by atoms with Crippen LogP contribution >= 0.6 is 0 Å². The third-order valence-corrected chi connectivity index (χ3v) is 4.28. The van der Waals surface area contributed by atoms with E-state index in [4.69, 9.17) is 0 Å². The van der Waals surface area contributed by atoms with Crippen LogP contribution in [0.3, 0.4) is 0 Å². The van der Waals surface area contributed by atoms with Crippen molar-refractivity contribution in [1.82, 2.24) is 5.32 Å². The van der Waals surface area contributed by atoms with Crippen LogP contribution in [0.4, 0.5) is 0 Å². The van der Waals surface area contributed by atoms with E-state index in [9.17, 15) is 5.11 Å². The molecule has 0 amide bonds. The summed E-state index contributed by atoms with van der Waals surface area (Å²) < 4.78 is 0. The number of phenolic OH excluding ortho intramolecular Hbond substituents is 1. The summed E-state index contributed by atoms with van der Waals surface area (Å²) in [6, 6.07) is 7.30. The fourth-order valence-corrected chi connectivity index (χ4v) is 3.36. The highest BCUT2D eigenvalue weighted by molar-refractivity contribution is 5.41. The lowest BCUT2D eigenvalue weighted by atomic mass is 9.87. The van der Waals surface area contributed by atoms with E-state index in [1.165, 1.54) is 43.2 Å². The lowest BCUT2D eigenvalue weighted by Crippen LogP contribution is -2.40. The number of rotatable bonds is 2. The maximum absolute atomic E-state index is 9.81. The second-order valence-corrected chi connectivity index (χ2v) is 5.50. The molecule has 1 atom stereocenters. The largest absolute Gasteiger partial charge is 0.508 e. The van der Waals surface area contributed by atoms with Gasteiger partial charge in [-0.1, -0.05) is 25.0 Å². The first-order valence-electron chi connectivity index (χ1n) is 6.89. The summed E-state index contributed by atoms with van der Waals surface area (Å²) >= 11 is 0. The van der Waals surface area contributed by atoms with Gasteiger partial charge in [-0.05, 0) is 49.3 Å². The predicted molar refractivity (Wildman–Crippen MR) is 69.3 cm³/mol. The van der Waals surface area contributed by atoms with Crippen LogP contribution in [-0.4, -0.2) is 17.2 Å². The van der Waals surface area contributed by atoms with Gasteiger partial charge in [0.2, 0.25) is 0 Å². The van der Waals surface area contributed by atoms with Gasteiger partial charge in [0.1, 0.15) is 5.75 Å². The van der Waals surface area contributed by atoms with Crippen LogP contribution in [0.5, 0.6) is 5.75 Å². The average Bonchev–Trinajstić information content (AvgIpc) is 2.82. The lowest BCUT2D eigenvalue weighted by molar-refractivity contribution is 0.388. The Morgan fingerprint density at radius 1 is 1.06 bits per heavy atom. The minimum atomic E-state index is 0.488. The maximum Gasteiger partial charge on any atom is 0.119 e. The fourth-order valence-electron chi connectivity index (χ4n) is 3.36. The Balaban J connectivity index is 1.68. The number of phenols is 1. The van der Waals surface area contributed by atoms with Crippen molar-refractivity contribution in [2.75, 3.05) is 0 Å². The minimum absolute atomic E-state index is 0.488. The van der Waals surface area contributed by atoms with Crippen LogP contribution in [0.15, 0.2) is 18.2 Å². The van der Waals surface area contributed by atoms with Crippen LogP contribution in [-0.2, 0) is 12.8 Å². The molecule has 1 aromatic carbocycles. The van der Waals surface area contributed by atoms with Gasteiger partial charge in [0.05, 0.1) is 0 Å². The zero-order chi connectivity index (χ0) is 11.7. The molecule has 0 aromatic heterocycles. The molecule has 1 aromatic rings. The van der Waals surface area contributed by atoms with E-state index >= 15 is 0 Å². The molecule has 1 fully saturated rings. The zero-order valence-electron chi connectivity index (χ0n) is 10.3. The third-order valence-electron chi connectivity index (χ3n) is 4.28. The molecule has 0 aliphatic heterocycles.